The van der Waals surface area contributed by atoms with E-state index in [1.165, 1.54) is 0 Å². The van der Waals surface area contributed by atoms with Crippen LogP contribution in [-0.4, -0.2) is 63.5 Å². The molecule has 0 aromatic carbocycles. The zero-order valence-corrected chi connectivity index (χ0v) is 13.9. The Morgan fingerprint density at radius 1 is 1.24 bits per heavy atom. The van der Waals surface area contributed by atoms with Gasteiger partial charge in [-0.1, -0.05) is 6.07 Å². The molecular formula is C18H20N4O3. The van der Waals surface area contributed by atoms with Crippen molar-refractivity contribution in [3.63, 3.8) is 0 Å². The molecule has 2 aliphatic rings. The zero-order chi connectivity index (χ0) is 17.2. The van der Waals surface area contributed by atoms with E-state index in [-0.39, 0.29) is 11.8 Å². The number of rotatable bonds is 3. The molecule has 2 amide bonds. The molecule has 4 heterocycles. The summed E-state index contributed by atoms with van der Waals surface area (Å²) in [5.74, 6) is -0.133. The molecule has 4 rings (SSSR count). The van der Waals surface area contributed by atoms with E-state index < -0.39 is 6.04 Å². The average molecular weight is 340 g/mol. The maximum Gasteiger partial charge on any atom is 0.271 e. The summed E-state index contributed by atoms with van der Waals surface area (Å²) in [5.41, 5.74) is 1.53. The van der Waals surface area contributed by atoms with Crippen molar-refractivity contribution in [2.24, 2.45) is 0 Å². The Labute approximate surface area is 145 Å². The Bertz CT molecular complexity index is 768. The smallest absolute Gasteiger partial charge is 0.271 e. The summed E-state index contributed by atoms with van der Waals surface area (Å²) in [6.07, 6.45) is 5.29. The van der Waals surface area contributed by atoms with Crippen LogP contribution in [0, 0.1) is 0 Å². The summed E-state index contributed by atoms with van der Waals surface area (Å²) in [4.78, 5) is 33.6. The van der Waals surface area contributed by atoms with Gasteiger partial charge in [-0.25, -0.2) is 0 Å². The van der Waals surface area contributed by atoms with Crippen molar-refractivity contribution in [3.8, 4) is 0 Å². The number of carbonyl (C=O) groups is 2. The van der Waals surface area contributed by atoms with Crippen LogP contribution in [0.5, 0.6) is 0 Å². The molecule has 2 aromatic heterocycles. The maximum atomic E-state index is 13.1. The van der Waals surface area contributed by atoms with Crippen LogP contribution in [0.3, 0.4) is 0 Å². The maximum absolute atomic E-state index is 13.1. The Morgan fingerprint density at radius 3 is 2.84 bits per heavy atom. The van der Waals surface area contributed by atoms with E-state index in [4.69, 9.17) is 4.74 Å². The number of fused-ring (bicyclic) bond motifs is 1. The summed E-state index contributed by atoms with van der Waals surface area (Å²) in [6.45, 7) is 3.09. The number of carbonyl (C=O) groups excluding carboxylic acids is 2. The molecule has 1 atom stereocenters. The molecule has 2 aliphatic heterocycles. The van der Waals surface area contributed by atoms with Crippen molar-refractivity contribution in [1.82, 2.24) is 19.4 Å². The largest absolute Gasteiger partial charge is 0.378 e. The minimum absolute atomic E-state index is 0.0140. The van der Waals surface area contributed by atoms with Crippen molar-refractivity contribution >= 4 is 11.8 Å². The predicted octanol–water partition coefficient (Wildman–Crippen LogP) is 0.767. The van der Waals surface area contributed by atoms with Crippen LogP contribution in [0.1, 0.15) is 16.1 Å². The van der Waals surface area contributed by atoms with Crippen LogP contribution in [0.15, 0.2) is 42.9 Å². The highest BCUT2D eigenvalue weighted by atomic mass is 16.5. The predicted molar refractivity (Wildman–Crippen MR) is 89.7 cm³/mol. The second-order valence-corrected chi connectivity index (χ2v) is 6.29. The average Bonchev–Trinajstić information content (AvgIpc) is 3.14. The molecule has 0 bridgehead atoms. The SMILES string of the molecule is O=C(C1Cn2cccc2C(=O)N1Cc1cccnc1)N1CCOCC1. The summed E-state index contributed by atoms with van der Waals surface area (Å²) in [5, 5.41) is 0. The molecule has 0 saturated carbocycles. The van der Waals surface area contributed by atoms with Gasteiger partial charge in [-0.3, -0.25) is 14.6 Å². The first-order valence-corrected chi connectivity index (χ1v) is 8.45. The quantitative estimate of drug-likeness (QED) is 0.828. The highest BCUT2D eigenvalue weighted by Gasteiger charge is 2.38. The molecule has 130 valence electrons. The zero-order valence-electron chi connectivity index (χ0n) is 13.9. The monoisotopic (exact) mass is 340 g/mol. The molecule has 0 aliphatic carbocycles. The van der Waals surface area contributed by atoms with Gasteiger partial charge in [0.05, 0.1) is 19.8 Å². The van der Waals surface area contributed by atoms with Crippen molar-refractivity contribution in [3.05, 3.63) is 54.1 Å². The summed E-state index contributed by atoms with van der Waals surface area (Å²) < 4.78 is 7.20. The molecule has 25 heavy (non-hydrogen) atoms. The Kier molecular flexibility index (Phi) is 4.23. The fourth-order valence-electron chi connectivity index (χ4n) is 3.42. The first-order valence-electron chi connectivity index (χ1n) is 8.45. The summed E-state index contributed by atoms with van der Waals surface area (Å²) in [7, 11) is 0. The Balaban J connectivity index is 1.64. The lowest BCUT2D eigenvalue weighted by Crippen LogP contribution is -2.57. The number of ether oxygens (including phenoxy) is 1. The second-order valence-electron chi connectivity index (χ2n) is 6.29. The number of pyridine rings is 1. The second kappa shape index (κ2) is 6.68. The lowest BCUT2D eigenvalue weighted by Gasteiger charge is -2.39. The third kappa shape index (κ3) is 3.02. The summed E-state index contributed by atoms with van der Waals surface area (Å²) >= 11 is 0. The highest BCUT2D eigenvalue weighted by molar-refractivity contribution is 5.97. The molecule has 1 fully saturated rings. The third-order valence-corrected chi connectivity index (χ3v) is 4.74. The minimum atomic E-state index is -0.509. The molecular weight excluding hydrogens is 320 g/mol. The fourth-order valence-corrected chi connectivity index (χ4v) is 3.42. The number of hydrogen-bond acceptors (Lipinski definition) is 4. The number of amides is 2. The van der Waals surface area contributed by atoms with Crippen molar-refractivity contribution in [2.75, 3.05) is 26.3 Å². The molecule has 0 radical (unpaired) electrons. The van der Waals surface area contributed by atoms with E-state index in [9.17, 15) is 9.59 Å². The summed E-state index contributed by atoms with van der Waals surface area (Å²) in [6, 6.07) is 6.89. The van der Waals surface area contributed by atoms with Gasteiger partial charge in [-0.15, -0.1) is 0 Å². The highest BCUT2D eigenvalue weighted by Crippen LogP contribution is 2.22. The molecule has 7 nitrogen and oxygen atoms in total. The topological polar surface area (TPSA) is 67.7 Å². The number of aromatic nitrogens is 2. The van der Waals surface area contributed by atoms with Gasteiger partial charge in [-0.05, 0) is 23.8 Å². The molecule has 2 aromatic rings. The lowest BCUT2D eigenvalue weighted by molar-refractivity contribution is -0.141. The van der Waals surface area contributed by atoms with Gasteiger partial charge in [0, 0.05) is 38.2 Å². The van der Waals surface area contributed by atoms with Gasteiger partial charge < -0.3 is 19.1 Å². The van der Waals surface area contributed by atoms with Crippen molar-refractivity contribution in [2.45, 2.75) is 19.1 Å². The van der Waals surface area contributed by atoms with Gasteiger partial charge in [0.1, 0.15) is 11.7 Å². The molecule has 0 spiro atoms. The van der Waals surface area contributed by atoms with Gasteiger partial charge in [-0.2, -0.15) is 0 Å². The van der Waals surface area contributed by atoms with Crippen LogP contribution in [-0.2, 0) is 22.6 Å². The van der Waals surface area contributed by atoms with E-state index in [2.05, 4.69) is 4.98 Å². The first-order chi connectivity index (χ1) is 12.2. The van der Waals surface area contributed by atoms with E-state index in [1.54, 1.807) is 28.3 Å². The third-order valence-electron chi connectivity index (χ3n) is 4.74. The molecule has 1 unspecified atom stereocenters. The number of morpholine rings is 1. The number of nitrogens with zero attached hydrogens (tertiary/aromatic N) is 4. The van der Waals surface area contributed by atoms with Crippen LogP contribution in [0.4, 0.5) is 0 Å². The Morgan fingerprint density at radius 2 is 2.08 bits per heavy atom. The van der Waals surface area contributed by atoms with Gasteiger partial charge >= 0.3 is 0 Å². The Hall–Kier alpha value is -2.67. The van der Waals surface area contributed by atoms with Crippen molar-refractivity contribution in [1.29, 1.82) is 0 Å². The molecule has 1 saturated heterocycles. The standard InChI is InChI=1S/C18H20N4O3/c23-17(20-7-9-25-10-8-20)16-13-21-6-2-4-15(21)18(24)22(16)12-14-3-1-5-19-11-14/h1-6,11,16H,7-10,12-13H2. The first kappa shape index (κ1) is 15.8. The van der Waals surface area contributed by atoms with Crippen molar-refractivity contribution < 1.29 is 14.3 Å². The van der Waals surface area contributed by atoms with Crippen LogP contribution >= 0.6 is 0 Å². The fraction of sp³-hybridized carbons (Fsp3) is 0.389. The van der Waals surface area contributed by atoms with Gasteiger partial charge in [0.2, 0.25) is 5.91 Å². The molecule has 0 N–H and O–H groups in total. The number of hydrogen-bond donors (Lipinski definition) is 0. The normalized spacial score (nSPS) is 20.5. The van der Waals surface area contributed by atoms with Crippen LogP contribution in [0.25, 0.3) is 0 Å². The van der Waals surface area contributed by atoms with Crippen LogP contribution in [0.2, 0.25) is 0 Å². The van der Waals surface area contributed by atoms with Gasteiger partial charge in [0.25, 0.3) is 5.91 Å². The lowest BCUT2D eigenvalue weighted by atomic mass is 10.1. The van der Waals surface area contributed by atoms with E-state index in [0.717, 1.165) is 5.56 Å². The minimum Gasteiger partial charge on any atom is -0.378 e. The molecule has 7 heteroatoms. The van der Waals surface area contributed by atoms with Crippen LogP contribution < -0.4 is 0 Å². The van der Waals surface area contributed by atoms with E-state index in [0.29, 0.717) is 45.1 Å². The van der Waals surface area contributed by atoms with E-state index in [1.807, 2.05) is 29.0 Å². The van der Waals surface area contributed by atoms with Gasteiger partial charge in [0.15, 0.2) is 0 Å². The van der Waals surface area contributed by atoms with E-state index >= 15 is 0 Å².